The highest BCUT2D eigenvalue weighted by molar-refractivity contribution is 6.31. The van der Waals surface area contributed by atoms with Crippen molar-refractivity contribution in [2.45, 2.75) is 19.8 Å². The van der Waals surface area contributed by atoms with Gasteiger partial charge in [-0.2, -0.15) is 0 Å². The highest BCUT2D eigenvalue weighted by atomic mass is 35.5. The van der Waals surface area contributed by atoms with E-state index in [1.54, 1.807) is 0 Å². The minimum atomic E-state index is -0.0713. The van der Waals surface area contributed by atoms with Crippen LogP contribution in [0.15, 0.2) is 42.5 Å². The predicted octanol–water partition coefficient (Wildman–Crippen LogP) is 4.19. The molecule has 3 rings (SSSR count). The van der Waals surface area contributed by atoms with Crippen LogP contribution in [0, 0.1) is 6.92 Å². The number of para-hydroxylation sites is 1. The first-order valence-electron chi connectivity index (χ1n) is 8.17. The van der Waals surface area contributed by atoms with Crippen LogP contribution in [0.3, 0.4) is 0 Å². The number of carbonyl (C=O) groups excluding carboxylic acids is 1. The first-order valence-corrected chi connectivity index (χ1v) is 8.55. The maximum absolute atomic E-state index is 12.4. The summed E-state index contributed by atoms with van der Waals surface area (Å²) in [5.74, 6) is 0.759. The molecular weight excluding hydrogens is 324 g/mol. The van der Waals surface area contributed by atoms with E-state index in [2.05, 4.69) is 11.4 Å². The summed E-state index contributed by atoms with van der Waals surface area (Å²) in [5.41, 5.74) is 3.21. The topological polar surface area (TPSA) is 41.6 Å². The van der Waals surface area contributed by atoms with Crippen LogP contribution in [-0.2, 0) is 6.42 Å². The molecule has 24 heavy (non-hydrogen) atoms. The lowest BCUT2D eigenvalue weighted by molar-refractivity contribution is 0.241. The van der Waals surface area contributed by atoms with E-state index in [-0.39, 0.29) is 6.03 Å². The van der Waals surface area contributed by atoms with Gasteiger partial charge in [0.2, 0.25) is 0 Å². The van der Waals surface area contributed by atoms with Crippen molar-refractivity contribution < 1.29 is 9.53 Å². The molecule has 5 heteroatoms. The number of benzene rings is 2. The van der Waals surface area contributed by atoms with Crippen molar-refractivity contribution in [3.05, 3.63) is 58.6 Å². The van der Waals surface area contributed by atoms with Crippen LogP contribution < -0.4 is 15.0 Å². The Morgan fingerprint density at radius 2 is 2.12 bits per heavy atom. The third-order valence-corrected chi connectivity index (χ3v) is 4.56. The minimum Gasteiger partial charge on any atom is -0.492 e. The maximum Gasteiger partial charge on any atom is 0.321 e. The van der Waals surface area contributed by atoms with E-state index in [0.717, 1.165) is 41.4 Å². The summed E-state index contributed by atoms with van der Waals surface area (Å²) in [7, 11) is 0. The molecule has 1 aliphatic rings. The quantitative estimate of drug-likeness (QED) is 0.845. The van der Waals surface area contributed by atoms with E-state index in [0.29, 0.717) is 13.2 Å². The number of urea groups is 1. The molecule has 0 aromatic heterocycles. The Morgan fingerprint density at radius 3 is 2.96 bits per heavy atom. The molecule has 2 aromatic rings. The van der Waals surface area contributed by atoms with Crippen molar-refractivity contribution in [1.29, 1.82) is 0 Å². The van der Waals surface area contributed by atoms with Crippen molar-refractivity contribution in [2.24, 2.45) is 0 Å². The summed E-state index contributed by atoms with van der Waals surface area (Å²) >= 11 is 5.99. The number of aryl methyl sites for hydroxylation is 2. The molecule has 2 amide bonds. The molecule has 1 aliphatic heterocycles. The minimum absolute atomic E-state index is 0.0713. The fraction of sp³-hybridized carbons (Fsp3) is 0.316. The summed E-state index contributed by atoms with van der Waals surface area (Å²) in [6, 6.07) is 13.5. The van der Waals surface area contributed by atoms with E-state index in [4.69, 9.17) is 16.3 Å². The Balaban J connectivity index is 1.50. The standard InChI is InChI=1S/C19H21ClN2O2/c1-14-13-16(8-9-17(14)20)24-12-10-21-19(23)22-11-4-6-15-5-2-3-7-18(15)22/h2-3,5,7-9,13H,4,6,10-12H2,1H3,(H,21,23). The van der Waals surface area contributed by atoms with Gasteiger partial charge in [-0.1, -0.05) is 29.8 Å². The normalized spacial score (nSPS) is 13.3. The average Bonchev–Trinajstić information content (AvgIpc) is 2.61. The van der Waals surface area contributed by atoms with Crippen LogP contribution in [0.2, 0.25) is 5.02 Å². The van der Waals surface area contributed by atoms with Crippen LogP contribution in [0.1, 0.15) is 17.5 Å². The second-order valence-electron chi connectivity index (χ2n) is 5.88. The largest absolute Gasteiger partial charge is 0.492 e. The number of hydrogen-bond donors (Lipinski definition) is 1. The Labute approximate surface area is 147 Å². The van der Waals surface area contributed by atoms with Gasteiger partial charge in [-0.3, -0.25) is 4.90 Å². The Bertz CT molecular complexity index is 733. The van der Waals surface area contributed by atoms with E-state index in [9.17, 15) is 4.79 Å². The molecule has 1 heterocycles. The number of carbonyl (C=O) groups is 1. The summed E-state index contributed by atoms with van der Waals surface area (Å²) in [6.07, 6.45) is 2.02. The molecule has 0 saturated carbocycles. The summed E-state index contributed by atoms with van der Waals surface area (Å²) < 4.78 is 5.66. The number of nitrogens with one attached hydrogen (secondary N) is 1. The molecule has 4 nitrogen and oxygen atoms in total. The molecule has 0 aliphatic carbocycles. The van der Waals surface area contributed by atoms with Gasteiger partial charge in [0, 0.05) is 17.3 Å². The summed E-state index contributed by atoms with van der Waals surface area (Å²) in [4.78, 5) is 14.2. The average molecular weight is 345 g/mol. The van der Waals surface area contributed by atoms with Gasteiger partial charge in [0.25, 0.3) is 0 Å². The number of fused-ring (bicyclic) bond motifs is 1. The second kappa shape index (κ2) is 7.58. The summed E-state index contributed by atoms with van der Waals surface area (Å²) in [6.45, 7) is 3.56. The molecule has 0 bridgehead atoms. The zero-order valence-corrected chi connectivity index (χ0v) is 14.5. The first kappa shape index (κ1) is 16.7. The number of halogens is 1. The van der Waals surface area contributed by atoms with E-state index in [1.807, 2.05) is 48.2 Å². The third kappa shape index (κ3) is 3.82. The first-order chi connectivity index (χ1) is 11.6. The number of hydrogen-bond acceptors (Lipinski definition) is 2. The fourth-order valence-electron chi connectivity index (χ4n) is 2.87. The SMILES string of the molecule is Cc1cc(OCCNC(=O)N2CCCc3ccccc32)ccc1Cl. The number of ether oxygens (including phenoxy) is 1. The van der Waals surface area contributed by atoms with Gasteiger partial charge >= 0.3 is 6.03 Å². The highest BCUT2D eigenvalue weighted by Gasteiger charge is 2.21. The van der Waals surface area contributed by atoms with E-state index < -0.39 is 0 Å². The smallest absolute Gasteiger partial charge is 0.321 e. The molecule has 0 fully saturated rings. The molecule has 0 atom stereocenters. The molecule has 0 saturated heterocycles. The molecule has 126 valence electrons. The Hall–Kier alpha value is -2.20. The fourth-order valence-corrected chi connectivity index (χ4v) is 2.99. The van der Waals surface area contributed by atoms with Crippen molar-refractivity contribution in [3.63, 3.8) is 0 Å². The Kier molecular flexibility index (Phi) is 5.26. The number of anilines is 1. The lowest BCUT2D eigenvalue weighted by atomic mass is 10.0. The van der Waals surface area contributed by atoms with Crippen molar-refractivity contribution >= 4 is 23.3 Å². The zero-order chi connectivity index (χ0) is 16.9. The number of nitrogens with zero attached hydrogens (tertiary/aromatic N) is 1. The van der Waals surface area contributed by atoms with Crippen molar-refractivity contribution in [1.82, 2.24) is 5.32 Å². The van der Waals surface area contributed by atoms with Gasteiger partial charge in [0.1, 0.15) is 12.4 Å². The number of amides is 2. The maximum atomic E-state index is 12.4. The third-order valence-electron chi connectivity index (χ3n) is 4.13. The molecule has 2 aromatic carbocycles. The van der Waals surface area contributed by atoms with Gasteiger partial charge in [0.05, 0.1) is 6.54 Å². The van der Waals surface area contributed by atoms with Gasteiger partial charge in [-0.15, -0.1) is 0 Å². The van der Waals surface area contributed by atoms with Gasteiger partial charge in [0.15, 0.2) is 0 Å². The lowest BCUT2D eigenvalue weighted by Crippen LogP contribution is -2.44. The van der Waals surface area contributed by atoms with Crippen LogP contribution in [-0.4, -0.2) is 25.7 Å². The second-order valence-corrected chi connectivity index (χ2v) is 6.28. The van der Waals surface area contributed by atoms with Crippen LogP contribution >= 0.6 is 11.6 Å². The summed E-state index contributed by atoms with van der Waals surface area (Å²) in [5, 5.41) is 3.65. The van der Waals surface area contributed by atoms with Crippen LogP contribution in [0.4, 0.5) is 10.5 Å². The zero-order valence-electron chi connectivity index (χ0n) is 13.7. The monoisotopic (exact) mass is 344 g/mol. The predicted molar refractivity (Wildman–Crippen MR) is 97.2 cm³/mol. The van der Waals surface area contributed by atoms with Crippen LogP contribution in [0.25, 0.3) is 0 Å². The lowest BCUT2D eigenvalue weighted by Gasteiger charge is -2.29. The van der Waals surface area contributed by atoms with Gasteiger partial charge in [-0.05, 0) is 55.2 Å². The van der Waals surface area contributed by atoms with E-state index in [1.165, 1.54) is 5.56 Å². The van der Waals surface area contributed by atoms with Crippen LogP contribution in [0.5, 0.6) is 5.75 Å². The van der Waals surface area contributed by atoms with Gasteiger partial charge in [-0.25, -0.2) is 4.79 Å². The van der Waals surface area contributed by atoms with Crippen molar-refractivity contribution in [2.75, 3.05) is 24.6 Å². The molecular formula is C19H21ClN2O2. The molecule has 0 unspecified atom stereocenters. The Morgan fingerprint density at radius 1 is 1.29 bits per heavy atom. The van der Waals surface area contributed by atoms with Crippen molar-refractivity contribution in [3.8, 4) is 5.75 Å². The van der Waals surface area contributed by atoms with Gasteiger partial charge < -0.3 is 10.1 Å². The molecule has 0 spiro atoms. The molecule has 0 radical (unpaired) electrons. The van der Waals surface area contributed by atoms with E-state index >= 15 is 0 Å². The number of rotatable bonds is 4. The molecule has 1 N–H and O–H groups in total. The highest BCUT2D eigenvalue weighted by Crippen LogP contribution is 2.26.